The molecule has 1 aromatic heterocycles. The topological polar surface area (TPSA) is 49.8 Å². The van der Waals surface area contributed by atoms with E-state index in [9.17, 15) is 0 Å². The molecule has 0 aliphatic carbocycles. The summed E-state index contributed by atoms with van der Waals surface area (Å²) in [5, 5.41) is 8.80. The monoisotopic (exact) mass is 264 g/mol. The number of aryl methyl sites for hydroxylation is 1. The number of anilines is 3. The summed E-state index contributed by atoms with van der Waals surface area (Å²) in [6.07, 6.45) is 0. The lowest BCUT2D eigenvalue weighted by atomic mass is 10.1. The minimum absolute atomic E-state index is 0.736. The van der Waals surface area contributed by atoms with Crippen molar-refractivity contribution >= 4 is 28.1 Å². The summed E-state index contributed by atoms with van der Waals surface area (Å²) in [5.41, 5.74) is 1.04. The summed E-state index contributed by atoms with van der Waals surface area (Å²) in [6.45, 7) is 1.88. The molecule has 0 saturated carbocycles. The normalized spacial score (nSPS) is 10.5. The van der Waals surface area contributed by atoms with Gasteiger partial charge in [0, 0.05) is 24.2 Å². The molecule has 0 aliphatic rings. The maximum absolute atomic E-state index is 4.42. The lowest BCUT2D eigenvalue weighted by Gasteiger charge is -2.10. The zero-order chi connectivity index (χ0) is 13.9. The molecule has 4 heteroatoms. The van der Waals surface area contributed by atoms with E-state index >= 15 is 0 Å². The molecule has 0 aliphatic heterocycles. The highest BCUT2D eigenvalue weighted by Crippen LogP contribution is 2.26. The molecular formula is C16H16N4. The number of hydrogen-bond acceptors (Lipinski definition) is 4. The van der Waals surface area contributed by atoms with Crippen molar-refractivity contribution in [2.45, 2.75) is 6.92 Å². The van der Waals surface area contributed by atoms with Gasteiger partial charge >= 0.3 is 0 Å². The molecule has 0 bridgehead atoms. The lowest BCUT2D eigenvalue weighted by molar-refractivity contribution is 1.06. The standard InChI is InChI=1S/C16H16N4/c1-11-18-15(17-2)10-16(19-11)20-14-9-5-7-12-6-3-4-8-13(12)14/h3-10H,1-2H3,(H2,17,18,19,20). The van der Waals surface area contributed by atoms with Gasteiger partial charge in [-0.1, -0.05) is 36.4 Å². The van der Waals surface area contributed by atoms with E-state index in [1.54, 1.807) is 0 Å². The van der Waals surface area contributed by atoms with Gasteiger partial charge in [-0.25, -0.2) is 9.97 Å². The smallest absolute Gasteiger partial charge is 0.136 e. The van der Waals surface area contributed by atoms with Crippen molar-refractivity contribution in [3.8, 4) is 0 Å². The largest absolute Gasteiger partial charge is 0.373 e. The van der Waals surface area contributed by atoms with Gasteiger partial charge in [-0.2, -0.15) is 0 Å². The maximum atomic E-state index is 4.42. The van der Waals surface area contributed by atoms with Gasteiger partial charge in [0.25, 0.3) is 0 Å². The van der Waals surface area contributed by atoms with Crippen LogP contribution in [0.25, 0.3) is 10.8 Å². The van der Waals surface area contributed by atoms with Crippen molar-refractivity contribution in [1.29, 1.82) is 0 Å². The maximum Gasteiger partial charge on any atom is 0.136 e. The Balaban J connectivity index is 2.03. The van der Waals surface area contributed by atoms with Crippen LogP contribution in [0.3, 0.4) is 0 Å². The van der Waals surface area contributed by atoms with Gasteiger partial charge < -0.3 is 10.6 Å². The number of aromatic nitrogens is 2. The molecule has 3 rings (SSSR count). The Morgan fingerprint density at radius 2 is 1.65 bits per heavy atom. The summed E-state index contributed by atoms with van der Waals surface area (Å²) in [4.78, 5) is 8.72. The zero-order valence-corrected chi connectivity index (χ0v) is 11.5. The molecule has 0 amide bonds. The Bertz CT molecular complexity index is 747. The number of nitrogens with zero attached hydrogens (tertiary/aromatic N) is 2. The van der Waals surface area contributed by atoms with Crippen LogP contribution in [0.1, 0.15) is 5.82 Å². The van der Waals surface area contributed by atoms with E-state index in [0.29, 0.717) is 0 Å². The third kappa shape index (κ3) is 2.40. The van der Waals surface area contributed by atoms with Crippen molar-refractivity contribution in [1.82, 2.24) is 9.97 Å². The number of hydrogen-bond donors (Lipinski definition) is 2. The van der Waals surface area contributed by atoms with E-state index in [4.69, 9.17) is 0 Å². The van der Waals surface area contributed by atoms with Crippen molar-refractivity contribution in [3.63, 3.8) is 0 Å². The van der Waals surface area contributed by atoms with Crippen molar-refractivity contribution in [3.05, 3.63) is 54.4 Å². The second-order valence-corrected chi connectivity index (χ2v) is 4.59. The van der Waals surface area contributed by atoms with Gasteiger partial charge in [0.1, 0.15) is 17.5 Å². The van der Waals surface area contributed by atoms with E-state index in [2.05, 4.69) is 44.9 Å². The molecule has 2 aromatic carbocycles. The molecule has 100 valence electrons. The van der Waals surface area contributed by atoms with Gasteiger partial charge in [-0.05, 0) is 18.4 Å². The number of rotatable bonds is 3. The summed E-state index contributed by atoms with van der Waals surface area (Å²) < 4.78 is 0. The summed E-state index contributed by atoms with van der Waals surface area (Å²) in [6, 6.07) is 16.4. The van der Waals surface area contributed by atoms with Gasteiger partial charge in [0.05, 0.1) is 0 Å². The summed E-state index contributed by atoms with van der Waals surface area (Å²) in [7, 11) is 1.85. The first-order valence-corrected chi connectivity index (χ1v) is 6.54. The molecule has 0 spiro atoms. The van der Waals surface area contributed by atoms with Crippen LogP contribution in [-0.4, -0.2) is 17.0 Å². The Labute approximate surface area is 117 Å². The van der Waals surface area contributed by atoms with E-state index < -0.39 is 0 Å². The molecule has 0 radical (unpaired) electrons. The molecule has 4 nitrogen and oxygen atoms in total. The zero-order valence-electron chi connectivity index (χ0n) is 11.5. The van der Waals surface area contributed by atoms with Crippen molar-refractivity contribution in [2.75, 3.05) is 17.7 Å². The predicted octanol–water partition coefficient (Wildman–Crippen LogP) is 3.72. The number of fused-ring (bicyclic) bond motifs is 1. The highest BCUT2D eigenvalue weighted by atomic mass is 15.1. The van der Waals surface area contributed by atoms with Crippen LogP contribution in [0, 0.1) is 6.92 Å². The molecule has 0 atom stereocenters. The Morgan fingerprint density at radius 1 is 0.900 bits per heavy atom. The van der Waals surface area contributed by atoms with E-state index in [1.807, 2.05) is 38.2 Å². The summed E-state index contributed by atoms with van der Waals surface area (Å²) >= 11 is 0. The first kappa shape index (κ1) is 12.4. The molecule has 3 aromatic rings. The van der Waals surface area contributed by atoms with Crippen LogP contribution >= 0.6 is 0 Å². The molecule has 0 saturated heterocycles. The highest BCUT2D eigenvalue weighted by Gasteiger charge is 2.04. The van der Waals surface area contributed by atoms with Crippen LogP contribution in [0.5, 0.6) is 0 Å². The Hall–Kier alpha value is -2.62. The fraction of sp³-hybridized carbons (Fsp3) is 0.125. The molecule has 20 heavy (non-hydrogen) atoms. The first-order chi connectivity index (χ1) is 9.76. The third-order valence-electron chi connectivity index (χ3n) is 3.15. The number of benzene rings is 2. The van der Waals surface area contributed by atoms with E-state index in [-0.39, 0.29) is 0 Å². The predicted molar refractivity (Wildman–Crippen MR) is 83.5 cm³/mol. The third-order valence-corrected chi connectivity index (χ3v) is 3.15. The quantitative estimate of drug-likeness (QED) is 0.757. The molecular weight excluding hydrogens is 248 g/mol. The van der Waals surface area contributed by atoms with Gasteiger partial charge in [-0.15, -0.1) is 0 Å². The van der Waals surface area contributed by atoms with E-state index in [0.717, 1.165) is 23.1 Å². The minimum atomic E-state index is 0.736. The molecule has 1 heterocycles. The fourth-order valence-electron chi connectivity index (χ4n) is 2.23. The Morgan fingerprint density at radius 3 is 2.50 bits per heavy atom. The van der Waals surface area contributed by atoms with Crippen molar-refractivity contribution in [2.24, 2.45) is 0 Å². The number of nitrogens with one attached hydrogen (secondary N) is 2. The molecule has 0 fully saturated rings. The van der Waals surface area contributed by atoms with Crippen molar-refractivity contribution < 1.29 is 0 Å². The van der Waals surface area contributed by atoms with Gasteiger partial charge in [0.15, 0.2) is 0 Å². The second kappa shape index (κ2) is 5.17. The van der Waals surface area contributed by atoms with Crippen LogP contribution in [-0.2, 0) is 0 Å². The highest BCUT2D eigenvalue weighted by molar-refractivity contribution is 5.95. The minimum Gasteiger partial charge on any atom is -0.373 e. The molecule has 0 unspecified atom stereocenters. The molecule has 2 N–H and O–H groups in total. The SMILES string of the molecule is CNc1cc(Nc2cccc3ccccc23)nc(C)n1. The van der Waals surface area contributed by atoms with Crippen LogP contribution < -0.4 is 10.6 Å². The first-order valence-electron chi connectivity index (χ1n) is 6.54. The average Bonchev–Trinajstić information content (AvgIpc) is 2.47. The fourth-order valence-corrected chi connectivity index (χ4v) is 2.23. The lowest BCUT2D eigenvalue weighted by Crippen LogP contribution is -2.01. The summed E-state index contributed by atoms with van der Waals surface area (Å²) in [5.74, 6) is 2.33. The average molecular weight is 264 g/mol. The van der Waals surface area contributed by atoms with Crippen LogP contribution in [0.4, 0.5) is 17.3 Å². The van der Waals surface area contributed by atoms with Gasteiger partial charge in [-0.3, -0.25) is 0 Å². The van der Waals surface area contributed by atoms with Gasteiger partial charge in [0.2, 0.25) is 0 Å². The second-order valence-electron chi connectivity index (χ2n) is 4.59. The van der Waals surface area contributed by atoms with Crippen LogP contribution in [0.15, 0.2) is 48.5 Å². The Kier molecular flexibility index (Phi) is 3.21. The van der Waals surface area contributed by atoms with E-state index in [1.165, 1.54) is 10.8 Å². The van der Waals surface area contributed by atoms with Crippen LogP contribution in [0.2, 0.25) is 0 Å².